The molecule has 0 aliphatic carbocycles. The molecule has 0 aromatic heterocycles. The molecule has 0 spiro atoms. The van der Waals surface area contributed by atoms with Crippen LogP contribution in [0, 0.1) is 0 Å². The van der Waals surface area contributed by atoms with E-state index in [9.17, 15) is 0 Å². The third-order valence-electron chi connectivity index (χ3n) is 2.29. The van der Waals surface area contributed by atoms with Crippen molar-refractivity contribution in [3.05, 3.63) is 54.1 Å². The first-order valence-corrected chi connectivity index (χ1v) is 5.07. The topological polar surface area (TPSA) is 61.3 Å². The van der Waals surface area contributed by atoms with Crippen molar-refractivity contribution in [2.45, 2.75) is 6.61 Å². The lowest BCUT2D eigenvalue weighted by Crippen LogP contribution is -1.98. The summed E-state index contributed by atoms with van der Waals surface area (Å²) in [5.74, 6) is 0.708. The van der Waals surface area contributed by atoms with Crippen LogP contribution in [0.1, 0.15) is 5.56 Å². The van der Waals surface area contributed by atoms with Gasteiger partial charge in [0.1, 0.15) is 12.4 Å². The maximum absolute atomic E-state index is 5.76. The lowest BCUT2D eigenvalue weighted by Gasteiger charge is -2.08. The van der Waals surface area contributed by atoms with Gasteiger partial charge in [-0.25, -0.2) is 0 Å². The van der Waals surface area contributed by atoms with Gasteiger partial charge in [0.15, 0.2) is 0 Å². The molecule has 2 aromatic rings. The van der Waals surface area contributed by atoms with Crippen LogP contribution in [-0.4, -0.2) is 0 Å². The molecule has 0 aliphatic heterocycles. The first-order chi connectivity index (χ1) is 7.75. The van der Waals surface area contributed by atoms with Gasteiger partial charge < -0.3 is 16.2 Å². The molecule has 0 saturated carbocycles. The Hall–Kier alpha value is -2.16. The Morgan fingerprint density at radius 3 is 2.25 bits per heavy atom. The Bertz CT molecular complexity index is 466. The molecule has 0 atom stereocenters. The Balaban J connectivity index is 2.02. The molecule has 0 bridgehead atoms. The number of anilines is 2. The van der Waals surface area contributed by atoms with Crippen LogP contribution in [0.2, 0.25) is 0 Å². The van der Waals surface area contributed by atoms with E-state index in [1.165, 1.54) is 0 Å². The minimum absolute atomic E-state index is 0.495. The lowest BCUT2D eigenvalue weighted by molar-refractivity contribution is 0.308. The van der Waals surface area contributed by atoms with Gasteiger partial charge in [0.2, 0.25) is 0 Å². The summed E-state index contributed by atoms with van der Waals surface area (Å²) >= 11 is 0. The van der Waals surface area contributed by atoms with Crippen molar-refractivity contribution < 1.29 is 4.74 Å². The third kappa shape index (κ3) is 2.45. The minimum atomic E-state index is 0.495. The van der Waals surface area contributed by atoms with Gasteiger partial charge in [0, 0.05) is 5.69 Å². The van der Waals surface area contributed by atoms with Crippen molar-refractivity contribution in [1.82, 2.24) is 0 Å². The number of rotatable bonds is 3. The third-order valence-corrected chi connectivity index (χ3v) is 2.29. The number of hydrogen-bond donors (Lipinski definition) is 2. The minimum Gasteiger partial charge on any atom is -0.487 e. The van der Waals surface area contributed by atoms with Gasteiger partial charge in [0.05, 0.1) is 5.69 Å². The smallest absolute Gasteiger partial charge is 0.142 e. The number of benzene rings is 2. The van der Waals surface area contributed by atoms with Crippen molar-refractivity contribution in [3.8, 4) is 5.75 Å². The Morgan fingerprint density at radius 2 is 1.56 bits per heavy atom. The molecule has 3 nitrogen and oxygen atoms in total. The average molecular weight is 214 g/mol. The van der Waals surface area contributed by atoms with E-state index in [0.717, 1.165) is 11.3 Å². The van der Waals surface area contributed by atoms with Crippen molar-refractivity contribution in [3.63, 3.8) is 0 Å². The molecule has 0 fully saturated rings. The second-order valence-corrected chi connectivity index (χ2v) is 3.57. The van der Waals surface area contributed by atoms with Crippen LogP contribution in [0.25, 0.3) is 0 Å². The van der Waals surface area contributed by atoms with Crippen LogP contribution < -0.4 is 16.2 Å². The zero-order valence-corrected chi connectivity index (χ0v) is 8.89. The molecule has 82 valence electrons. The molecule has 3 heteroatoms. The molecule has 0 aliphatic rings. The van der Waals surface area contributed by atoms with Crippen molar-refractivity contribution in [2.75, 3.05) is 11.5 Å². The van der Waals surface area contributed by atoms with Crippen LogP contribution in [0.4, 0.5) is 11.4 Å². The van der Waals surface area contributed by atoms with Gasteiger partial charge >= 0.3 is 0 Å². The van der Waals surface area contributed by atoms with E-state index < -0.39 is 0 Å². The SMILES string of the molecule is Nc1ccc(COc2ccccc2N)cc1. The normalized spacial score (nSPS) is 10.0. The van der Waals surface area contributed by atoms with E-state index >= 15 is 0 Å². The molecule has 4 N–H and O–H groups in total. The zero-order chi connectivity index (χ0) is 11.4. The summed E-state index contributed by atoms with van der Waals surface area (Å²) in [5.41, 5.74) is 13.8. The Labute approximate surface area is 94.6 Å². The van der Waals surface area contributed by atoms with Gasteiger partial charge in [-0.05, 0) is 29.8 Å². The first-order valence-electron chi connectivity index (χ1n) is 5.07. The quantitative estimate of drug-likeness (QED) is 0.771. The van der Waals surface area contributed by atoms with Crippen LogP contribution in [-0.2, 0) is 6.61 Å². The fourth-order valence-corrected chi connectivity index (χ4v) is 1.39. The summed E-state index contributed by atoms with van der Waals surface area (Å²) in [7, 11) is 0. The van der Waals surface area contributed by atoms with Crippen molar-refractivity contribution in [2.24, 2.45) is 0 Å². The summed E-state index contributed by atoms with van der Waals surface area (Å²) in [4.78, 5) is 0. The number of ether oxygens (including phenoxy) is 1. The second-order valence-electron chi connectivity index (χ2n) is 3.57. The predicted octanol–water partition coefficient (Wildman–Crippen LogP) is 2.43. The maximum atomic E-state index is 5.76. The molecule has 2 rings (SSSR count). The fraction of sp³-hybridized carbons (Fsp3) is 0.0769. The molecular formula is C13H14N2O. The standard InChI is InChI=1S/C13H14N2O/c14-11-7-5-10(6-8-11)9-16-13-4-2-1-3-12(13)15/h1-8H,9,14-15H2. The maximum Gasteiger partial charge on any atom is 0.142 e. The monoisotopic (exact) mass is 214 g/mol. The molecular weight excluding hydrogens is 200 g/mol. The second kappa shape index (κ2) is 4.57. The molecule has 0 unspecified atom stereocenters. The van der Waals surface area contributed by atoms with Crippen molar-refractivity contribution in [1.29, 1.82) is 0 Å². The largest absolute Gasteiger partial charge is 0.487 e. The van der Waals surface area contributed by atoms with Crippen LogP contribution >= 0.6 is 0 Å². The Kier molecular flexibility index (Phi) is 2.96. The zero-order valence-electron chi connectivity index (χ0n) is 8.89. The van der Waals surface area contributed by atoms with Gasteiger partial charge in [-0.2, -0.15) is 0 Å². The van der Waals surface area contributed by atoms with Crippen LogP contribution in [0.5, 0.6) is 5.75 Å². The fourth-order valence-electron chi connectivity index (χ4n) is 1.39. The highest BCUT2D eigenvalue weighted by molar-refractivity contribution is 5.51. The van der Waals surface area contributed by atoms with E-state index in [1.807, 2.05) is 48.5 Å². The first kappa shape index (κ1) is 10.4. The predicted molar refractivity (Wildman–Crippen MR) is 66.0 cm³/mol. The summed E-state index contributed by atoms with van der Waals surface area (Å²) in [6, 6.07) is 15.0. The highest BCUT2D eigenvalue weighted by Crippen LogP contribution is 2.21. The van der Waals surface area contributed by atoms with E-state index in [0.29, 0.717) is 18.0 Å². The average Bonchev–Trinajstić information content (AvgIpc) is 2.30. The number of nitrogen functional groups attached to an aromatic ring is 2. The summed E-state index contributed by atoms with van der Waals surface area (Å²) in [6.07, 6.45) is 0. The van der Waals surface area contributed by atoms with Gasteiger partial charge in [0.25, 0.3) is 0 Å². The van der Waals surface area contributed by atoms with Crippen LogP contribution in [0.3, 0.4) is 0 Å². The number of para-hydroxylation sites is 2. The van der Waals surface area contributed by atoms with Gasteiger partial charge in [-0.15, -0.1) is 0 Å². The van der Waals surface area contributed by atoms with E-state index in [1.54, 1.807) is 0 Å². The summed E-state index contributed by atoms with van der Waals surface area (Å²) < 4.78 is 5.60. The highest BCUT2D eigenvalue weighted by atomic mass is 16.5. The number of hydrogen-bond acceptors (Lipinski definition) is 3. The van der Waals surface area contributed by atoms with Crippen molar-refractivity contribution >= 4 is 11.4 Å². The van der Waals surface area contributed by atoms with Gasteiger partial charge in [-0.3, -0.25) is 0 Å². The Morgan fingerprint density at radius 1 is 0.875 bits per heavy atom. The van der Waals surface area contributed by atoms with E-state index in [-0.39, 0.29) is 0 Å². The molecule has 2 aromatic carbocycles. The molecule has 16 heavy (non-hydrogen) atoms. The van der Waals surface area contributed by atoms with E-state index in [2.05, 4.69) is 0 Å². The highest BCUT2D eigenvalue weighted by Gasteiger charge is 1.99. The molecule has 0 heterocycles. The van der Waals surface area contributed by atoms with Gasteiger partial charge in [-0.1, -0.05) is 24.3 Å². The summed E-state index contributed by atoms with van der Waals surface area (Å²) in [6.45, 7) is 0.495. The number of nitrogens with two attached hydrogens (primary N) is 2. The summed E-state index contributed by atoms with van der Waals surface area (Å²) in [5, 5.41) is 0. The molecule has 0 amide bonds. The lowest BCUT2D eigenvalue weighted by atomic mass is 10.2. The molecule has 0 radical (unpaired) electrons. The van der Waals surface area contributed by atoms with Crippen LogP contribution in [0.15, 0.2) is 48.5 Å². The van der Waals surface area contributed by atoms with E-state index in [4.69, 9.17) is 16.2 Å². The molecule has 0 saturated heterocycles.